The van der Waals surface area contributed by atoms with E-state index in [9.17, 15) is 9.59 Å². The number of hydrogen-bond acceptors (Lipinski definition) is 4. The predicted molar refractivity (Wildman–Crippen MR) is 63.1 cm³/mol. The normalized spacial score (nSPS) is 25.9. The standard InChI is InChI=1S/C10H17N3O2S/c14-9(5-13-7-16-6-10(13)15)12-8-2-1-3-11-4-8/h8,11H,1-7H2,(H,12,14). The van der Waals surface area contributed by atoms with Gasteiger partial charge in [0.05, 0.1) is 11.6 Å². The molecule has 2 N–H and O–H groups in total. The molecule has 0 aromatic carbocycles. The monoisotopic (exact) mass is 243 g/mol. The van der Waals surface area contributed by atoms with Gasteiger partial charge < -0.3 is 15.5 Å². The number of rotatable bonds is 3. The van der Waals surface area contributed by atoms with Gasteiger partial charge in [-0.05, 0) is 19.4 Å². The molecule has 2 amide bonds. The van der Waals surface area contributed by atoms with Crippen LogP contribution < -0.4 is 10.6 Å². The first-order chi connectivity index (χ1) is 7.75. The zero-order valence-corrected chi connectivity index (χ0v) is 10.0. The minimum atomic E-state index is -0.0375. The molecule has 0 spiro atoms. The molecule has 1 atom stereocenters. The molecule has 0 aromatic heterocycles. The van der Waals surface area contributed by atoms with E-state index in [0.29, 0.717) is 11.6 Å². The van der Waals surface area contributed by atoms with E-state index in [1.165, 1.54) is 0 Å². The highest BCUT2D eigenvalue weighted by Crippen LogP contribution is 2.14. The number of amides is 2. The molecule has 2 rings (SSSR count). The summed E-state index contributed by atoms with van der Waals surface area (Å²) >= 11 is 1.56. The van der Waals surface area contributed by atoms with Gasteiger partial charge in [0.15, 0.2) is 0 Å². The van der Waals surface area contributed by atoms with E-state index in [-0.39, 0.29) is 24.4 Å². The number of nitrogens with zero attached hydrogens (tertiary/aromatic N) is 1. The Morgan fingerprint density at radius 1 is 1.62 bits per heavy atom. The lowest BCUT2D eigenvalue weighted by Gasteiger charge is -2.24. The molecule has 0 saturated carbocycles. The summed E-state index contributed by atoms with van der Waals surface area (Å²) in [5.74, 6) is 1.19. The van der Waals surface area contributed by atoms with E-state index in [2.05, 4.69) is 10.6 Å². The van der Waals surface area contributed by atoms with Crippen molar-refractivity contribution in [1.29, 1.82) is 0 Å². The minimum absolute atomic E-state index is 0.0375. The molecule has 2 aliphatic rings. The molecule has 6 heteroatoms. The molecule has 0 aromatic rings. The van der Waals surface area contributed by atoms with Gasteiger partial charge in [-0.2, -0.15) is 0 Å². The Morgan fingerprint density at radius 3 is 3.12 bits per heavy atom. The van der Waals surface area contributed by atoms with Gasteiger partial charge in [-0.25, -0.2) is 0 Å². The van der Waals surface area contributed by atoms with Crippen LogP contribution in [-0.4, -0.2) is 54.0 Å². The van der Waals surface area contributed by atoms with Crippen molar-refractivity contribution in [3.05, 3.63) is 0 Å². The summed E-state index contributed by atoms with van der Waals surface area (Å²) in [5, 5.41) is 6.20. The van der Waals surface area contributed by atoms with Gasteiger partial charge in [-0.1, -0.05) is 0 Å². The maximum Gasteiger partial charge on any atom is 0.239 e. The van der Waals surface area contributed by atoms with Gasteiger partial charge in [-0.3, -0.25) is 9.59 Å². The quantitative estimate of drug-likeness (QED) is 0.694. The Bertz CT molecular complexity index is 279. The van der Waals surface area contributed by atoms with Crippen LogP contribution in [0.4, 0.5) is 0 Å². The lowest BCUT2D eigenvalue weighted by molar-refractivity contribution is -0.132. The fourth-order valence-electron chi connectivity index (χ4n) is 1.96. The molecule has 0 aliphatic carbocycles. The van der Waals surface area contributed by atoms with Crippen molar-refractivity contribution < 1.29 is 9.59 Å². The lowest BCUT2D eigenvalue weighted by Crippen LogP contribution is -2.48. The number of carbonyl (C=O) groups is 2. The Balaban J connectivity index is 1.72. The number of piperidine rings is 1. The zero-order valence-electron chi connectivity index (χ0n) is 9.20. The Kier molecular flexibility index (Phi) is 4.06. The van der Waals surface area contributed by atoms with E-state index in [0.717, 1.165) is 25.9 Å². The summed E-state index contributed by atoms with van der Waals surface area (Å²) in [6, 6.07) is 0.228. The largest absolute Gasteiger partial charge is 0.351 e. The molecule has 5 nitrogen and oxygen atoms in total. The average molecular weight is 243 g/mol. The van der Waals surface area contributed by atoms with Crippen molar-refractivity contribution in [2.45, 2.75) is 18.9 Å². The molecule has 90 valence electrons. The zero-order chi connectivity index (χ0) is 11.4. The highest BCUT2D eigenvalue weighted by molar-refractivity contribution is 8.00. The van der Waals surface area contributed by atoms with E-state index in [1.54, 1.807) is 16.7 Å². The van der Waals surface area contributed by atoms with E-state index >= 15 is 0 Å². The van der Waals surface area contributed by atoms with Gasteiger partial charge in [0, 0.05) is 12.6 Å². The average Bonchev–Trinajstić information content (AvgIpc) is 2.66. The van der Waals surface area contributed by atoms with Crippen molar-refractivity contribution in [3.8, 4) is 0 Å². The smallest absolute Gasteiger partial charge is 0.239 e. The summed E-state index contributed by atoms with van der Waals surface area (Å²) < 4.78 is 0. The predicted octanol–water partition coefficient (Wildman–Crippen LogP) is -0.612. The van der Waals surface area contributed by atoms with Crippen molar-refractivity contribution in [1.82, 2.24) is 15.5 Å². The van der Waals surface area contributed by atoms with E-state index < -0.39 is 0 Å². The lowest BCUT2D eigenvalue weighted by atomic mass is 10.1. The summed E-state index contributed by atoms with van der Waals surface area (Å²) in [6.07, 6.45) is 2.13. The van der Waals surface area contributed by atoms with Gasteiger partial charge >= 0.3 is 0 Å². The van der Waals surface area contributed by atoms with Gasteiger partial charge in [0.25, 0.3) is 0 Å². The molecule has 16 heavy (non-hydrogen) atoms. The van der Waals surface area contributed by atoms with Crippen LogP contribution in [-0.2, 0) is 9.59 Å². The third-order valence-electron chi connectivity index (χ3n) is 2.82. The second kappa shape index (κ2) is 5.54. The molecule has 2 heterocycles. The maximum atomic E-state index is 11.7. The van der Waals surface area contributed by atoms with Crippen LogP contribution in [0.15, 0.2) is 0 Å². The van der Waals surface area contributed by atoms with Gasteiger partial charge in [0.1, 0.15) is 6.54 Å². The molecular formula is C10H17N3O2S. The van der Waals surface area contributed by atoms with Crippen LogP contribution in [0.2, 0.25) is 0 Å². The molecular weight excluding hydrogens is 226 g/mol. The first-order valence-electron chi connectivity index (χ1n) is 5.61. The summed E-state index contributed by atoms with van der Waals surface area (Å²) in [4.78, 5) is 24.6. The summed E-state index contributed by atoms with van der Waals surface area (Å²) in [6.45, 7) is 2.09. The van der Waals surface area contributed by atoms with Crippen LogP contribution in [0, 0.1) is 0 Å². The first-order valence-corrected chi connectivity index (χ1v) is 6.77. The highest BCUT2D eigenvalue weighted by atomic mass is 32.2. The number of carbonyl (C=O) groups excluding carboxylic acids is 2. The molecule has 2 saturated heterocycles. The second-order valence-electron chi connectivity index (χ2n) is 4.18. The third kappa shape index (κ3) is 3.12. The summed E-state index contributed by atoms with van der Waals surface area (Å²) in [5.41, 5.74) is 0. The third-order valence-corrected chi connectivity index (χ3v) is 3.77. The van der Waals surface area contributed by atoms with E-state index in [4.69, 9.17) is 0 Å². The van der Waals surface area contributed by atoms with Crippen molar-refractivity contribution >= 4 is 23.6 Å². The first kappa shape index (κ1) is 11.7. The second-order valence-corrected chi connectivity index (χ2v) is 5.14. The van der Waals surface area contributed by atoms with Crippen molar-refractivity contribution in [2.75, 3.05) is 31.3 Å². The molecule has 1 unspecified atom stereocenters. The highest BCUT2D eigenvalue weighted by Gasteiger charge is 2.24. The number of hydrogen-bond donors (Lipinski definition) is 2. The molecule has 0 bridgehead atoms. The van der Waals surface area contributed by atoms with Gasteiger partial charge in [0.2, 0.25) is 11.8 Å². The molecule has 2 fully saturated rings. The number of nitrogens with one attached hydrogen (secondary N) is 2. The Hall–Kier alpha value is -0.750. The van der Waals surface area contributed by atoms with Crippen LogP contribution in [0.3, 0.4) is 0 Å². The minimum Gasteiger partial charge on any atom is -0.351 e. The van der Waals surface area contributed by atoms with Crippen molar-refractivity contribution in [3.63, 3.8) is 0 Å². The molecule has 0 radical (unpaired) electrons. The fourth-order valence-corrected chi connectivity index (χ4v) is 2.87. The van der Waals surface area contributed by atoms with Crippen LogP contribution in [0.5, 0.6) is 0 Å². The van der Waals surface area contributed by atoms with Gasteiger partial charge in [-0.15, -0.1) is 11.8 Å². The summed E-state index contributed by atoms with van der Waals surface area (Å²) in [7, 11) is 0. The van der Waals surface area contributed by atoms with E-state index in [1.807, 2.05) is 0 Å². The maximum absolute atomic E-state index is 11.7. The molecule has 2 aliphatic heterocycles. The van der Waals surface area contributed by atoms with Crippen LogP contribution >= 0.6 is 11.8 Å². The Labute approximate surface area is 99.3 Å². The SMILES string of the molecule is O=C(CN1CSCC1=O)NC1CCCNC1. The number of thioether (sulfide) groups is 1. The van der Waals surface area contributed by atoms with Crippen LogP contribution in [0.25, 0.3) is 0 Å². The fraction of sp³-hybridized carbons (Fsp3) is 0.800. The van der Waals surface area contributed by atoms with Crippen molar-refractivity contribution in [2.24, 2.45) is 0 Å². The van der Waals surface area contributed by atoms with Crippen LogP contribution in [0.1, 0.15) is 12.8 Å². The topological polar surface area (TPSA) is 61.4 Å². The Morgan fingerprint density at radius 2 is 2.50 bits per heavy atom.